The van der Waals surface area contributed by atoms with Gasteiger partial charge in [-0.25, -0.2) is 19.7 Å². The summed E-state index contributed by atoms with van der Waals surface area (Å²) in [4.78, 5) is 40.9. The zero-order valence-corrected chi connectivity index (χ0v) is 16.3. The van der Waals surface area contributed by atoms with Crippen molar-refractivity contribution in [3.8, 4) is 0 Å². The third-order valence-corrected chi connectivity index (χ3v) is 4.92. The second-order valence-electron chi connectivity index (χ2n) is 7.06. The van der Waals surface area contributed by atoms with Gasteiger partial charge in [-0.1, -0.05) is 6.07 Å². The molecule has 0 radical (unpaired) electrons. The molecule has 0 aromatic carbocycles. The summed E-state index contributed by atoms with van der Waals surface area (Å²) in [7, 11) is 0. The Bertz CT molecular complexity index is 813. The van der Waals surface area contributed by atoms with Crippen molar-refractivity contribution in [1.29, 1.82) is 0 Å². The van der Waals surface area contributed by atoms with E-state index < -0.39 is 0 Å². The first-order valence-electron chi connectivity index (χ1n) is 9.53. The van der Waals surface area contributed by atoms with Crippen LogP contribution in [0.2, 0.25) is 0 Å². The molecule has 1 fully saturated rings. The van der Waals surface area contributed by atoms with Crippen LogP contribution in [0.5, 0.6) is 0 Å². The summed E-state index contributed by atoms with van der Waals surface area (Å²) in [6, 6.07) is 5.48. The molecule has 1 atom stereocenters. The summed E-state index contributed by atoms with van der Waals surface area (Å²) < 4.78 is 0. The Labute approximate surface area is 165 Å². The molecule has 2 aromatic heterocycles. The van der Waals surface area contributed by atoms with Crippen LogP contribution < -0.4 is 5.32 Å². The number of carbonyl (C=O) groups excluding carboxylic acids is 2. The van der Waals surface area contributed by atoms with Crippen molar-refractivity contribution in [1.82, 2.24) is 24.8 Å². The van der Waals surface area contributed by atoms with Gasteiger partial charge in [0.1, 0.15) is 12.1 Å². The van der Waals surface area contributed by atoms with E-state index in [-0.39, 0.29) is 18.0 Å². The Hall–Kier alpha value is -3.03. The van der Waals surface area contributed by atoms with Gasteiger partial charge in [-0.2, -0.15) is 0 Å². The van der Waals surface area contributed by atoms with Crippen LogP contribution in [0.4, 0.5) is 10.6 Å². The second-order valence-corrected chi connectivity index (χ2v) is 7.06. The highest BCUT2D eigenvalue weighted by molar-refractivity contribution is 5.88. The summed E-state index contributed by atoms with van der Waals surface area (Å²) in [6.07, 6.45) is 7.38. The zero-order valence-electron chi connectivity index (χ0n) is 16.3. The predicted octanol–water partition coefficient (Wildman–Crippen LogP) is 2.62. The molecule has 1 aliphatic rings. The number of amides is 3. The molecule has 148 valence electrons. The number of carbonyl (C=O) groups is 2. The molecule has 1 N–H and O–H groups in total. The summed E-state index contributed by atoms with van der Waals surface area (Å²) in [5.41, 5.74) is 1.76. The van der Waals surface area contributed by atoms with E-state index in [2.05, 4.69) is 20.3 Å². The van der Waals surface area contributed by atoms with Crippen molar-refractivity contribution in [2.45, 2.75) is 45.7 Å². The molecule has 1 aliphatic heterocycles. The first kappa shape index (κ1) is 19.7. The topological polar surface area (TPSA) is 91.3 Å². The highest BCUT2D eigenvalue weighted by Crippen LogP contribution is 2.20. The number of anilines is 1. The molecular weight excluding hydrogens is 356 g/mol. The lowest BCUT2D eigenvalue weighted by atomic mass is 10.1. The number of nitrogens with one attached hydrogen (secondary N) is 1. The Balaban J connectivity index is 1.61. The van der Waals surface area contributed by atoms with Crippen LogP contribution in [0.15, 0.2) is 36.9 Å². The standard InChI is InChI=1S/C20H26N6O2/c1-15-5-3-7-19(23-15)24-20(28)25-9-4-6-18(8-10-25)26(16(2)27)13-17-11-21-14-22-12-17/h3,5,7,11-12,14,18H,4,6,8-10,13H2,1-2H3,(H,23,24,28)/t18-/m0/s1. The van der Waals surface area contributed by atoms with Gasteiger partial charge in [0.15, 0.2) is 0 Å². The third-order valence-electron chi connectivity index (χ3n) is 4.92. The van der Waals surface area contributed by atoms with E-state index in [4.69, 9.17) is 0 Å². The molecular formula is C20H26N6O2. The van der Waals surface area contributed by atoms with E-state index in [0.29, 0.717) is 25.5 Å². The minimum atomic E-state index is -0.149. The number of hydrogen-bond donors (Lipinski definition) is 1. The van der Waals surface area contributed by atoms with Crippen LogP contribution in [-0.2, 0) is 11.3 Å². The van der Waals surface area contributed by atoms with E-state index >= 15 is 0 Å². The minimum absolute atomic E-state index is 0.0238. The molecule has 28 heavy (non-hydrogen) atoms. The number of aryl methyl sites for hydroxylation is 1. The van der Waals surface area contributed by atoms with Gasteiger partial charge in [-0.3, -0.25) is 10.1 Å². The zero-order chi connectivity index (χ0) is 19.9. The van der Waals surface area contributed by atoms with E-state index in [9.17, 15) is 9.59 Å². The highest BCUT2D eigenvalue weighted by Gasteiger charge is 2.26. The maximum Gasteiger partial charge on any atom is 0.323 e. The van der Waals surface area contributed by atoms with Gasteiger partial charge < -0.3 is 9.80 Å². The number of nitrogens with zero attached hydrogens (tertiary/aromatic N) is 5. The van der Waals surface area contributed by atoms with E-state index in [0.717, 1.165) is 30.5 Å². The average molecular weight is 382 g/mol. The monoisotopic (exact) mass is 382 g/mol. The molecule has 3 heterocycles. The van der Waals surface area contributed by atoms with Gasteiger partial charge in [0.25, 0.3) is 0 Å². The van der Waals surface area contributed by atoms with Gasteiger partial charge >= 0.3 is 6.03 Å². The molecule has 8 nitrogen and oxygen atoms in total. The van der Waals surface area contributed by atoms with Gasteiger partial charge in [0, 0.05) is 56.3 Å². The Kier molecular flexibility index (Phi) is 6.52. The Morgan fingerprint density at radius 3 is 2.71 bits per heavy atom. The normalized spacial score (nSPS) is 16.9. The number of hydrogen-bond acceptors (Lipinski definition) is 5. The quantitative estimate of drug-likeness (QED) is 0.878. The Morgan fingerprint density at radius 2 is 2.00 bits per heavy atom. The van der Waals surface area contributed by atoms with Crippen LogP contribution >= 0.6 is 0 Å². The van der Waals surface area contributed by atoms with E-state index in [1.807, 2.05) is 24.0 Å². The second kappa shape index (κ2) is 9.25. The fourth-order valence-electron chi connectivity index (χ4n) is 3.50. The summed E-state index contributed by atoms with van der Waals surface area (Å²) in [5, 5.41) is 2.87. The van der Waals surface area contributed by atoms with Gasteiger partial charge in [-0.05, 0) is 38.3 Å². The van der Waals surface area contributed by atoms with E-state index in [1.54, 1.807) is 30.3 Å². The molecule has 1 saturated heterocycles. The molecule has 2 aromatic rings. The number of rotatable bonds is 4. The van der Waals surface area contributed by atoms with Crippen LogP contribution in [0, 0.1) is 6.92 Å². The lowest BCUT2D eigenvalue weighted by Crippen LogP contribution is -2.40. The smallest absolute Gasteiger partial charge is 0.323 e. The number of likely N-dealkylation sites (tertiary alicyclic amines) is 1. The highest BCUT2D eigenvalue weighted by atomic mass is 16.2. The van der Waals surface area contributed by atoms with Crippen molar-refractivity contribution in [2.75, 3.05) is 18.4 Å². The lowest BCUT2D eigenvalue weighted by Gasteiger charge is -2.30. The largest absolute Gasteiger partial charge is 0.335 e. The van der Waals surface area contributed by atoms with Crippen molar-refractivity contribution >= 4 is 17.8 Å². The molecule has 3 amide bonds. The molecule has 0 aliphatic carbocycles. The SMILES string of the molecule is CC(=O)N(Cc1cncnc1)[C@H]1CCCN(C(=O)Nc2cccc(C)n2)CC1. The first-order valence-corrected chi connectivity index (χ1v) is 9.53. The summed E-state index contributed by atoms with van der Waals surface area (Å²) in [5.74, 6) is 0.580. The van der Waals surface area contributed by atoms with Crippen molar-refractivity contribution < 1.29 is 9.59 Å². The lowest BCUT2D eigenvalue weighted by molar-refractivity contribution is -0.132. The van der Waals surface area contributed by atoms with Crippen molar-refractivity contribution in [3.63, 3.8) is 0 Å². The fourth-order valence-corrected chi connectivity index (χ4v) is 3.50. The molecule has 0 spiro atoms. The van der Waals surface area contributed by atoms with Gasteiger partial charge in [-0.15, -0.1) is 0 Å². The fraction of sp³-hybridized carbons (Fsp3) is 0.450. The van der Waals surface area contributed by atoms with Crippen LogP contribution in [0.25, 0.3) is 0 Å². The molecule has 0 saturated carbocycles. The predicted molar refractivity (Wildman–Crippen MR) is 105 cm³/mol. The van der Waals surface area contributed by atoms with Crippen LogP contribution in [0.1, 0.15) is 37.4 Å². The molecule has 8 heteroatoms. The first-order chi connectivity index (χ1) is 13.5. The van der Waals surface area contributed by atoms with E-state index in [1.165, 1.54) is 6.33 Å². The number of aromatic nitrogens is 3. The van der Waals surface area contributed by atoms with Crippen molar-refractivity contribution in [2.24, 2.45) is 0 Å². The number of urea groups is 1. The molecule has 0 bridgehead atoms. The Morgan fingerprint density at radius 1 is 1.21 bits per heavy atom. The maximum absolute atomic E-state index is 12.6. The van der Waals surface area contributed by atoms with Crippen LogP contribution in [-0.4, -0.2) is 55.8 Å². The van der Waals surface area contributed by atoms with Gasteiger partial charge in [0.2, 0.25) is 5.91 Å². The van der Waals surface area contributed by atoms with Crippen LogP contribution in [0.3, 0.4) is 0 Å². The van der Waals surface area contributed by atoms with Gasteiger partial charge in [0.05, 0.1) is 0 Å². The molecule has 0 unspecified atom stereocenters. The average Bonchev–Trinajstić information content (AvgIpc) is 2.93. The van der Waals surface area contributed by atoms with Crippen molar-refractivity contribution in [3.05, 3.63) is 48.2 Å². The number of pyridine rings is 1. The third kappa shape index (κ3) is 5.25. The summed E-state index contributed by atoms with van der Waals surface area (Å²) in [6.45, 7) is 5.22. The molecule has 3 rings (SSSR count). The maximum atomic E-state index is 12.6. The summed E-state index contributed by atoms with van der Waals surface area (Å²) >= 11 is 0. The minimum Gasteiger partial charge on any atom is -0.335 e.